The first-order valence-corrected chi connectivity index (χ1v) is 3.12. The molecule has 3 nitrogen and oxygen atoms in total. The minimum Gasteiger partial charge on any atom is -0.378 e. The van der Waals surface area contributed by atoms with E-state index in [1.807, 2.05) is 18.2 Å². The average molecular weight is 138 g/mol. The molecular weight excluding hydrogens is 128 g/mol. The summed E-state index contributed by atoms with van der Waals surface area (Å²) in [6.45, 7) is 0. The van der Waals surface area contributed by atoms with Crippen LogP contribution in [0.15, 0.2) is 24.4 Å². The molecule has 0 aliphatic heterocycles. The van der Waals surface area contributed by atoms with Gasteiger partial charge in [0.25, 0.3) is 0 Å². The van der Waals surface area contributed by atoms with Crippen LogP contribution in [-0.4, -0.2) is 16.3 Å². The van der Waals surface area contributed by atoms with Crippen LogP contribution in [0.5, 0.6) is 0 Å². The van der Waals surface area contributed by atoms with Crippen molar-refractivity contribution in [1.29, 1.82) is 0 Å². The molecule has 0 bridgehead atoms. The van der Waals surface area contributed by atoms with Crippen LogP contribution in [-0.2, 0) is 6.42 Å². The van der Waals surface area contributed by atoms with Crippen LogP contribution in [0.2, 0.25) is 0 Å². The third-order valence-corrected chi connectivity index (χ3v) is 1.14. The molecule has 0 fully saturated rings. The molecule has 54 valence electrons. The van der Waals surface area contributed by atoms with E-state index < -0.39 is 6.23 Å². The number of nitrogens with two attached hydrogens (primary N) is 1. The molecule has 0 saturated heterocycles. The van der Waals surface area contributed by atoms with Crippen molar-refractivity contribution in [2.45, 2.75) is 12.6 Å². The first-order chi connectivity index (χ1) is 4.79. The Morgan fingerprint density at radius 3 is 2.90 bits per heavy atom. The highest BCUT2D eigenvalue weighted by molar-refractivity contribution is 5.03. The zero-order valence-electron chi connectivity index (χ0n) is 5.57. The van der Waals surface area contributed by atoms with Gasteiger partial charge in [-0.25, -0.2) is 0 Å². The highest BCUT2D eigenvalue weighted by atomic mass is 16.3. The molecule has 3 N–H and O–H groups in total. The number of aliphatic hydroxyl groups is 1. The second-order valence-corrected chi connectivity index (χ2v) is 2.09. The molecule has 1 unspecified atom stereocenters. The highest BCUT2D eigenvalue weighted by Gasteiger charge is 1.97. The third kappa shape index (κ3) is 2.13. The van der Waals surface area contributed by atoms with Crippen molar-refractivity contribution in [3.63, 3.8) is 0 Å². The zero-order valence-corrected chi connectivity index (χ0v) is 5.57. The Morgan fingerprint density at radius 2 is 2.40 bits per heavy atom. The van der Waals surface area contributed by atoms with Crippen molar-refractivity contribution in [2.24, 2.45) is 5.73 Å². The van der Waals surface area contributed by atoms with Crippen LogP contribution in [0, 0.1) is 0 Å². The summed E-state index contributed by atoms with van der Waals surface area (Å²) in [5, 5.41) is 8.74. The summed E-state index contributed by atoms with van der Waals surface area (Å²) < 4.78 is 0. The Bertz CT molecular complexity index is 186. The summed E-state index contributed by atoms with van der Waals surface area (Å²) in [6, 6.07) is 5.52. The average Bonchev–Trinajstić information content (AvgIpc) is 1.88. The monoisotopic (exact) mass is 138 g/mol. The van der Waals surface area contributed by atoms with Crippen molar-refractivity contribution >= 4 is 0 Å². The van der Waals surface area contributed by atoms with Gasteiger partial charge in [-0.1, -0.05) is 6.07 Å². The molecule has 1 aromatic rings. The van der Waals surface area contributed by atoms with Crippen LogP contribution in [0.3, 0.4) is 0 Å². The molecule has 0 spiro atoms. The quantitative estimate of drug-likeness (QED) is 0.561. The molecule has 10 heavy (non-hydrogen) atoms. The van der Waals surface area contributed by atoms with Gasteiger partial charge >= 0.3 is 0 Å². The number of aromatic nitrogens is 1. The maximum absolute atomic E-state index is 8.74. The number of hydrogen-bond acceptors (Lipinski definition) is 3. The van der Waals surface area contributed by atoms with Crippen molar-refractivity contribution in [3.8, 4) is 0 Å². The molecule has 3 heteroatoms. The summed E-state index contributed by atoms with van der Waals surface area (Å²) in [6.07, 6.45) is 1.30. The fraction of sp³-hybridized carbons (Fsp3) is 0.286. The molecule has 1 aromatic heterocycles. The van der Waals surface area contributed by atoms with Gasteiger partial charge in [-0.3, -0.25) is 4.98 Å². The lowest BCUT2D eigenvalue weighted by Gasteiger charge is -2.01. The lowest BCUT2D eigenvalue weighted by molar-refractivity contribution is 0.181. The van der Waals surface area contributed by atoms with Gasteiger partial charge < -0.3 is 10.8 Å². The highest BCUT2D eigenvalue weighted by Crippen LogP contribution is 1.94. The number of hydrogen-bond donors (Lipinski definition) is 2. The van der Waals surface area contributed by atoms with Gasteiger partial charge in [-0.15, -0.1) is 0 Å². The van der Waals surface area contributed by atoms with Crippen molar-refractivity contribution in [1.82, 2.24) is 4.98 Å². The molecule has 0 amide bonds. The molecule has 0 radical (unpaired) electrons. The molecule has 0 saturated carbocycles. The van der Waals surface area contributed by atoms with Gasteiger partial charge in [-0.05, 0) is 12.1 Å². The van der Waals surface area contributed by atoms with E-state index in [1.54, 1.807) is 6.20 Å². The van der Waals surface area contributed by atoms with E-state index in [0.717, 1.165) is 5.69 Å². The molecule has 0 aliphatic carbocycles. The van der Waals surface area contributed by atoms with E-state index >= 15 is 0 Å². The van der Waals surface area contributed by atoms with Crippen LogP contribution < -0.4 is 5.73 Å². The maximum atomic E-state index is 8.74. The van der Waals surface area contributed by atoms with Crippen LogP contribution >= 0.6 is 0 Å². The van der Waals surface area contributed by atoms with Gasteiger partial charge in [0.15, 0.2) is 0 Å². The van der Waals surface area contributed by atoms with E-state index in [-0.39, 0.29) is 0 Å². The van der Waals surface area contributed by atoms with Crippen molar-refractivity contribution < 1.29 is 5.11 Å². The van der Waals surface area contributed by atoms with E-state index in [1.165, 1.54) is 0 Å². The fourth-order valence-electron chi connectivity index (χ4n) is 0.733. The number of rotatable bonds is 2. The third-order valence-electron chi connectivity index (χ3n) is 1.14. The van der Waals surface area contributed by atoms with Gasteiger partial charge in [0, 0.05) is 18.3 Å². The summed E-state index contributed by atoms with van der Waals surface area (Å²) in [4.78, 5) is 3.98. The second kappa shape index (κ2) is 3.29. The molecule has 1 heterocycles. The Hall–Kier alpha value is -0.930. The maximum Gasteiger partial charge on any atom is 0.108 e. The zero-order chi connectivity index (χ0) is 7.40. The van der Waals surface area contributed by atoms with Crippen molar-refractivity contribution in [2.75, 3.05) is 0 Å². The molecule has 0 aliphatic rings. The summed E-state index contributed by atoms with van der Waals surface area (Å²) >= 11 is 0. The largest absolute Gasteiger partial charge is 0.378 e. The predicted octanol–water partition coefficient (Wildman–Crippen LogP) is -0.0988. The summed E-state index contributed by atoms with van der Waals surface area (Å²) in [7, 11) is 0. The fourth-order valence-corrected chi connectivity index (χ4v) is 0.733. The summed E-state index contributed by atoms with van der Waals surface area (Å²) in [5.74, 6) is 0. The Morgan fingerprint density at radius 1 is 1.60 bits per heavy atom. The van der Waals surface area contributed by atoms with Gasteiger partial charge in [-0.2, -0.15) is 0 Å². The van der Waals surface area contributed by atoms with Gasteiger partial charge in [0.05, 0.1) is 0 Å². The second-order valence-electron chi connectivity index (χ2n) is 2.09. The normalized spacial score (nSPS) is 13.0. The summed E-state index contributed by atoms with van der Waals surface area (Å²) in [5.41, 5.74) is 5.96. The molecule has 1 atom stereocenters. The lowest BCUT2D eigenvalue weighted by Crippen LogP contribution is -2.21. The van der Waals surface area contributed by atoms with Gasteiger partial charge in [0.1, 0.15) is 6.23 Å². The molecule has 1 rings (SSSR count). The topological polar surface area (TPSA) is 59.1 Å². The van der Waals surface area contributed by atoms with Crippen LogP contribution in [0.25, 0.3) is 0 Å². The first kappa shape index (κ1) is 7.18. The molecular formula is C7H10N2O. The van der Waals surface area contributed by atoms with E-state index in [2.05, 4.69) is 4.98 Å². The minimum atomic E-state index is -0.796. The van der Waals surface area contributed by atoms with E-state index in [4.69, 9.17) is 10.8 Å². The Kier molecular flexibility index (Phi) is 2.36. The minimum absolute atomic E-state index is 0.417. The Balaban J connectivity index is 2.59. The molecule has 0 aromatic carbocycles. The Labute approximate surface area is 59.5 Å². The standard InChI is InChI=1S/C7H10N2O/c8-7(10)5-6-3-1-2-4-9-6/h1-4,7,10H,5,8H2. The number of pyridine rings is 1. The first-order valence-electron chi connectivity index (χ1n) is 3.12. The lowest BCUT2D eigenvalue weighted by atomic mass is 10.2. The number of nitrogens with zero attached hydrogens (tertiary/aromatic N) is 1. The number of aliphatic hydroxyl groups excluding tert-OH is 1. The van der Waals surface area contributed by atoms with Crippen LogP contribution in [0.4, 0.5) is 0 Å². The predicted molar refractivity (Wildman–Crippen MR) is 38.1 cm³/mol. The van der Waals surface area contributed by atoms with E-state index in [9.17, 15) is 0 Å². The van der Waals surface area contributed by atoms with E-state index in [0.29, 0.717) is 6.42 Å². The van der Waals surface area contributed by atoms with Crippen molar-refractivity contribution in [3.05, 3.63) is 30.1 Å². The SMILES string of the molecule is NC(O)Cc1ccccn1. The van der Waals surface area contributed by atoms with Gasteiger partial charge in [0.2, 0.25) is 0 Å². The van der Waals surface area contributed by atoms with Crippen LogP contribution in [0.1, 0.15) is 5.69 Å². The smallest absolute Gasteiger partial charge is 0.108 e.